The van der Waals surface area contributed by atoms with E-state index < -0.39 is 6.10 Å². The summed E-state index contributed by atoms with van der Waals surface area (Å²) < 4.78 is 0. The molecule has 0 spiro atoms. The van der Waals surface area contributed by atoms with Crippen LogP contribution in [0, 0.1) is 5.92 Å². The lowest BCUT2D eigenvalue weighted by Gasteiger charge is -2.20. The summed E-state index contributed by atoms with van der Waals surface area (Å²) in [5.41, 5.74) is 0. The number of aliphatic hydroxyl groups is 2. The average molecular weight is 146 g/mol. The number of hydrogen-bond acceptors (Lipinski definition) is 2. The first-order chi connectivity index (χ1) is 4.59. The van der Waals surface area contributed by atoms with Crippen LogP contribution in [0.5, 0.6) is 0 Å². The van der Waals surface area contributed by atoms with Crippen molar-refractivity contribution in [2.24, 2.45) is 5.92 Å². The van der Waals surface area contributed by atoms with Gasteiger partial charge < -0.3 is 10.2 Å². The standard InChI is InChI=1S/C8H18O2/c1-4-5-8(10)6(2)7(3)9/h6-10H,4-5H2,1-3H3/t6-,7+,8+/m1/s1. The Morgan fingerprint density at radius 2 is 1.70 bits per heavy atom. The lowest BCUT2D eigenvalue weighted by atomic mass is 9.96. The van der Waals surface area contributed by atoms with Gasteiger partial charge >= 0.3 is 0 Å². The molecule has 0 bridgehead atoms. The fourth-order valence-corrected chi connectivity index (χ4v) is 0.880. The van der Waals surface area contributed by atoms with Gasteiger partial charge in [-0.25, -0.2) is 0 Å². The van der Waals surface area contributed by atoms with Gasteiger partial charge in [-0.15, -0.1) is 0 Å². The summed E-state index contributed by atoms with van der Waals surface area (Å²) in [6.45, 7) is 5.60. The molecule has 0 heterocycles. The lowest BCUT2D eigenvalue weighted by Crippen LogP contribution is -2.26. The first-order valence-corrected chi connectivity index (χ1v) is 3.95. The fourth-order valence-electron chi connectivity index (χ4n) is 0.880. The highest BCUT2D eigenvalue weighted by Crippen LogP contribution is 2.12. The molecule has 62 valence electrons. The highest BCUT2D eigenvalue weighted by Gasteiger charge is 2.17. The summed E-state index contributed by atoms with van der Waals surface area (Å²) in [7, 11) is 0. The summed E-state index contributed by atoms with van der Waals surface area (Å²) >= 11 is 0. The van der Waals surface area contributed by atoms with E-state index in [9.17, 15) is 5.11 Å². The van der Waals surface area contributed by atoms with E-state index in [2.05, 4.69) is 0 Å². The smallest absolute Gasteiger partial charge is 0.0590 e. The Labute approximate surface area is 62.9 Å². The van der Waals surface area contributed by atoms with Crippen molar-refractivity contribution >= 4 is 0 Å². The van der Waals surface area contributed by atoms with Gasteiger partial charge in [0.15, 0.2) is 0 Å². The van der Waals surface area contributed by atoms with Crippen LogP contribution in [-0.4, -0.2) is 22.4 Å². The molecule has 0 saturated heterocycles. The van der Waals surface area contributed by atoms with Crippen molar-refractivity contribution < 1.29 is 10.2 Å². The molecule has 2 N–H and O–H groups in total. The Kier molecular flexibility index (Phi) is 4.65. The molecule has 0 aliphatic carbocycles. The van der Waals surface area contributed by atoms with Gasteiger partial charge in [0.2, 0.25) is 0 Å². The minimum atomic E-state index is -0.401. The minimum absolute atomic E-state index is 0.0000463. The summed E-state index contributed by atoms with van der Waals surface area (Å²) in [6, 6.07) is 0. The quantitative estimate of drug-likeness (QED) is 0.625. The van der Waals surface area contributed by atoms with Crippen molar-refractivity contribution in [1.82, 2.24) is 0 Å². The number of hydrogen-bond donors (Lipinski definition) is 2. The van der Waals surface area contributed by atoms with E-state index in [1.807, 2.05) is 13.8 Å². The third-order valence-corrected chi connectivity index (χ3v) is 1.95. The van der Waals surface area contributed by atoms with Crippen LogP contribution in [0.3, 0.4) is 0 Å². The molecular formula is C8H18O2. The second kappa shape index (κ2) is 4.69. The van der Waals surface area contributed by atoms with Gasteiger partial charge in [-0.05, 0) is 13.3 Å². The van der Waals surface area contributed by atoms with Crippen molar-refractivity contribution in [3.8, 4) is 0 Å². The molecule has 2 nitrogen and oxygen atoms in total. The van der Waals surface area contributed by atoms with Crippen LogP contribution in [-0.2, 0) is 0 Å². The van der Waals surface area contributed by atoms with Gasteiger partial charge in [-0.2, -0.15) is 0 Å². The third-order valence-electron chi connectivity index (χ3n) is 1.95. The molecule has 0 saturated carbocycles. The Morgan fingerprint density at radius 3 is 2.00 bits per heavy atom. The van der Waals surface area contributed by atoms with Crippen LogP contribution in [0.2, 0.25) is 0 Å². The molecule has 0 unspecified atom stereocenters. The van der Waals surface area contributed by atoms with Crippen LogP contribution in [0.25, 0.3) is 0 Å². The van der Waals surface area contributed by atoms with E-state index in [0.29, 0.717) is 0 Å². The lowest BCUT2D eigenvalue weighted by molar-refractivity contribution is 0.0268. The van der Waals surface area contributed by atoms with E-state index in [4.69, 9.17) is 5.11 Å². The van der Waals surface area contributed by atoms with E-state index >= 15 is 0 Å². The number of aliphatic hydroxyl groups excluding tert-OH is 2. The minimum Gasteiger partial charge on any atom is -0.393 e. The molecule has 0 aromatic rings. The third kappa shape index (κ3) is 3.18. The Balaban J connectivity index is 3.58. The zero-order valence-electron chi connectivity index (χ0n) is 7.04. The SMILES string of the molecule is CCC[C@H](O)[C@H](C)[C@H](C)O. The highest BCUT2D eigenvalue weighted by molar-refractivity contribution is 4.67. The van der Waals surface area contributed by atoms with E-state index in [1.54, 1.807) is 6.92 Å². The molecule has 10 heavy (non-hydrogen) atoms. The second-order valence-electron chi connectivity index (χ2n) is 2.96. The summed E-state index contributed by atoms with van der Waals surface area (Å²) in [6.07, 6.45) is 1.01. The van der Waals surface area contributed by atoms with Gasteiger partial charge in [0.05, 0.1) is 12.2 Å². The molecule has 3 atom stereocenters. The van der Waals surface area contributed by atoms with Crippen LogP contribution >= 0.6 is 0 Å². The highest BCUT2D eigenvalue weighted by atomic mass is 16.3. The summed E-state index contributed by atoms with van der Waals surface area (Å²) in [4.78, 5) is 0. The molecule has 0 aliphatic rings. The molecule has 0 radical (unpaired) electrons. The maximum absolute atomic E-state index is 9.33. The molecule has 0 aromatic carbocycles. The van der Waals surface area contributed by atoms with E-state index in [0.717, 1.165) is 12.8 Å². The topological polar surface area (TPSA) is 40.5 Å². The molecule has 0 rings (SSSR count). The first kappa shape index (κ1) is 9.92. The number of rotatable bonds is 4. The van der Waals surface area contributed by atoms with Crippen LogP contribution < -0.4 is 0 Å². The summed E-state index contributed by atoms with van der Waals surface area (Å²) in [5, 5.41) is 18.4. The van der Waals surface area contributed by atoms with Gasteiger partial charge in [0.1, 0.15) is 0 Å². The maximum Gasteiger partial charge on any atom is 0.0590 e. The first-order valence-electron chi connectivity index (χ1n) is 3.95. The predicted molar refractivity (Wildman–Crippen MR) is 41.8 cm³/mol. The van der Waals surface area contributed by atoms with Gasteiger partial charge in [0, 0.05) is 5.92 Å². The monoisotopic (exact) mass is 146 g/mol. The van der Waals surface area contributed by atoms with Crippen molar-refractivity contribution in [2.75, 3.05) is 0 Å². The summed E-state index contributed by atoms with van der Waals surface area (Å²) in [5.74, 6) is -0.0000463. The zero-order valence-corrected chi connectivity index (χ0v) is 7.04. The molecule has 0 amide bonds. The largest absolute Gasteiger partial charge is 0.393 e. The van der Waals surface area contributed by atoms with Crippen LogP contribution in [0.15, 0.2) is 0 Å². The van der Waals surface area contributed by atoms with Crippen LogP contribution in [0.4, 0.5) is 0 Å². The van der Waals surface area contributed by atoms with E-state index in [1.165, 1.54) is 0 Å². The molecule has 0 aliphatic heterocycles. The average Bonchev–Trinajstić information content (AvgIpc) is 1.87. The van der Waals surface area contributed by atoms with Crippen molar-refractivity contribution in [1.29, 1.82) is 0 Å². The maximum atomic E-state index is 9.33. The second-order valence-corrected chi connectivity index (χ2v) is 2.96. The predicted octanol–water partition coefficient (Wildman–Crippen LogP) is 1.16. The Hall–Kier alpha value is -0.0800. The van der Waals surface area contributed by atoms with Crippen molar-refractivity contribution in [3.05, 3.63) is 0 Å². The Morgan fingerprint density at radius 1 is 1.20 bits per heavy atom. The van der Waals surface area contributed by atoms with Crippen molar-refractivity contribution in [3.63, 3.8) is 0 Å². The molecule has 2 heteroatoms. The normalized spacial score (nSPS) is 20.1. The van der Waals surface area contributed by atoms with Gasteiger partial charge in [0.25, 0.3) is 0 Å². The van der Waals surface area contributed by atoms with Crippen molar-refractivity contribution in [2.45, 2.75) is 45.8 Å². The van der Waals surface area contributed by atoms with Crippen LogP contribution in [0.1, 0.15) is 33.6 Å². The Bertz CT molecular complexity index is 81.3. The van der Waals surface area contributed by atoms with Gasteiger partial charge in [-0.1, -0.05) is 20.3 Å². The molecular weight excluding hydrogens is 128 g/mol. The molecule has 0 fully saturated rings. The fraction of sp³-hybridized carbons (Fsp3) is 1.00. The zero-order chi connectivity index (χ0) is 8.15. The van der Waals surface area contributed by atoms with Gasteiger partial charge in [-0.3, -0.25) is 0 Å². The van der Waals surface area contributed by atoms with E-state index in [-0.39, 0.29) is 12.0 Å². The molecule has 0 aromatic heterocycles.